The van der Waals surface area contributed by atoms with Crippen molar-refractivity contribution in [3.8, 4) is 11.8 Å². The molecule has 0 aromatic heterocycles. The fraction of sp³-hybridized carbons (Fsp3) is 0.100. The molecule has 1 heterocycles. The highest BCUT2D eigenvalue weighted by Gasteiger charge is 2.17. The van der Waals surface area contributed by atoms with E-state index in [1.807, 2.05) is 48.5 Å². The minimum atomic E-state index is -0.586. The molecule has 0 radical (unpaired) electrons. The van der Waals surface area contributed by atoms with Gasteiger partial charge in [0.15, 0.2) is 0 Å². The van der Waals surface area contributed by atoms with Gasteiger partial charge in [0.1, 0.15) is 11.6 Å². The van der Waals surface area contributed by atoms with Gasteiger partial charge in [0, 0.05) is 24.7 Å². The normalized spacial score (nSPS) is 13.3. The molecule has 0 saturated carbocycles. The largest absolute Gasteiger partial charge is 0.376 e. The fourth-order valence-corrected chi connectivity index (χ4v) is 2.46. The van der Waals surface area contributed by atoms with E-state index in [4.69, 9.17) is 0 Å². The second kappa shape index (κ2) is 6.50. The standard InChI is InChI=1S/C20H15F2N/c1-23-11-5-8-17(14-23)20-18(21)12-16(13-19(20)22)10-9-15-6-3-2-4-7-15/h2-8,11-13H,14H2,1H3. The molecule has 0 atom stereocenters. The quantitative estimate of drug-likeness (QED) is 0.714. The lowest BCUT2D eigenvalue weighted by Gasteiger charge is -2.20. The Morgan fingerprint density at radius 3 is 2.26 bits per heavy atom. The SMILES string of the molecule is CN1C=CC=C(c2c(F)cc(C#Cc3ccccc3)cc2F)C1. The number of benzene rings is 2. The third-order valence-electron chi connectivity index (χ3n) is 3.55. The van der Waals surface area contributed by atoms with E-state index in [2.05, 4.69) is 11.8 Å². The molecule has 2 aromatic rings. The van der Waals surface area contributed by atoms with Crippen LogP contribution < -0.4 is 0 Å². The van der Waals surface area contributed by atoms with Crippen LogP contribution in [0.25, 0.3) is 5.57 Å². The molecule has 1 nitrogen and oxygen atoms in total. The van der Waals surface area contributed by atoms with Gasteiger partial charge < -0.3 is 4.90 Å². The topological polar surface area (TPSA) is 3.24 Å². The van der Waals surface area contributed by atoms with Crippen LogP contribution in [-0.2, 0) is 0 Å². The van der Waals surface area contributed by atoms with Crippen molar-refractivity contribution in [1.82, 2.24) is 4.90 Å². The summed E-state index contributed by atoms with van der Waals surface area (Å²) in [5, 5.41) is 0. The highest BCUT2D eigenvalue weighted by atomic mass is 19.1. The van der Waals surface area contributed by atoms with Crippen molar-refractivity contribution in [3.63, 3.8) is 0 Å². The van der Waals surface area contributed by atoms with Crippen molar-refractivity contribution in [2.75, 3.05) is 13.6 Å². The van der Waals surface area contributed by atoms with Gasteiger partial charge in [-0.15, -0.1) is 0 Å². The summed E-state index contributed by atoms with van der Waals surface area (Å²) in [5.74, 6) is 4.54. The zero-order chi connectivity index (χ0) is 16.2. The first-order valence-electron chi connectivity index (χ1n) is 7.27. The molecule has 1 aliphatic heterocycles. The first-order valence-corrected chi connectivity index (χ1v) is 7.27. The molecule has 114 valence electrons. The molecule has 0 bridgehead atoms. The van der Waals surface area contributed by atoms with Crippen molar-refractivity contribution in [3.05, 3.63) is 89.1 Å². The Labute approximate surface area is 134 Å². The zero-order valence-corrected chi connectivity index (χ0v) is 12.7. The lowest BCUT2D eigenvalue weighted by Crippen LogP contribution is -2.17. The molecule has 3 heteroatoms. The fourth-order valence-electron chi connectivity index (χ4n) is 2.46. The summed E-state index contributed by atoms with van der Waals surface area (Å²) < 4.78 is 28.7. The molecule has 1 aliphatic rings. The van der Waals surface area contributed by atoms with Gasteiger partial charge in [-0.2, -0.15) is 0 Å². The summed E-state index contributed by atoms with van der Waals surface area (Å²) in [6.45, 7) is 0.472. The van der Waals surface area contributed by atoms with Crippen LogP contribution in [0.1, 0.15) is 16.7 Å². The third kappa shape index (κ3) is 3.49. The maximum Gasteiger partial charge on any atom is 0.134 e. The number of likely N-dealkylation sites (N-methyl/N-ethyl adjacent to an activating group) is 1. The van der Waals surface area contributed by atoms with Crippen LogP contribution in [0.3, 0.4) is 0 Å². The molecular formula is C20H15F2N. The van der Waals surface area contributed by atoms with Gasteiger partial charge >= 0.3 is 0 Å². The molecule has 23 heavy (non-hydrogen) atoms. The van der Waals surface area contributed by atoms with Crippen LogP contribution in [-0.4, -0.2) is 18.5 Å². The Morgan fingerprint density at radius 2 is 1.61 bits per heavy atom. The summed E-state index contributed by atoms with van der Waals surface area (Å²) in [6.07, 6.45) is 5.37. The monoisotopic (exact) mass is 307 g/mol. The van der Waals surface area contributed by atoms with Crippen molar-refractivity contribution in [2.24, 2.45) is 0 Å². The second-order valence-corrected chi connectivity index (χ2v) is 5.38. The van der Waals surface area contributed by atoms with Crippen molar-refractivity contribution in [1.29, 1.82) is 0 Å². The van der Waals surface area contributed by atoms with Crippen LogP contribution in [0.5, 0.6) is 0 Å². The Balaban J connectivity index is 1.94. The number of halogens is 2. The van der Waals surface area contributed by atoms with Crippen molar-refractivity contribution >= 4 is 5.57 Å². The molecule has 0 aliphatic carbocycles. The maximum atomic E-state index is 14.4. The van der Waals surface area contributed by atoms with E-state index >= 15 is 0 Å². The number of hydrogen-bond donors (Lipinski definition) is 0. The molecule has 0 amide bonds. The van der Waals surface area contributed by atoms with Crippen LogP contribution >= 0.6 is 0 Å². The minimum absolute atomic E-state index is 0.0199. The molecule has 0 saturated heterocycles. The summed E-state index contributed by atoms with van der Waals surface area (Å²) in [6, 6.07) is 11.9. The van der Waals surface area contributed by atoms with Crippen LogP contribution in [0, 0.1) is 23.5 Å². The van der Waals surface area contributed by atoms with Gasteiger partial charge in [0.05, 0.1) is 5.56 Å². The predicted molar refractivity (Wildman–Crippen MR) is 88.5 cm³/mol. The molecule has 3 rings (SSSR count). The summed E-state index contributed by atoms with van der Waals surface area (Å²) in [4.78, 5) is 1.87. The molecule has 2 aromatic carbocycles. The number of hydrogen-bond acceptors (Lipinski definition) is 1. The van der Waals surface area contributed by atoms with Gasteiger partial charge in [-0.1, -0.05) is 36.1 Å². The molecule has 0 spiro atoms. The average molecular weight is 307 g/mol. The van der Waals surface area contributed by atoms with E-state index in [0.717, 1.165) is 5.56 Å². The maximum absolute atomic E-state index is 14.4. The second-order valence-electron chi connectivity index (χ2n) is 5.38. The first kappa shape index (κ1) is 15.1. The minimum Gasteiger partial charge on any atom is -0.376 e. The van der Waals surface area contributed by atoms with Crippen LogP contribution in [0.4, 0.5) is 8.78 Å². The van der Waals surface area contributed by atoms with E-state index < -0.39 is 11.6 Å². The summed E-state index contributed by atoms with van der Waals surface area (Å²) >= 11 is 0. The Morgan fingerprint density at radius 1 is 0.957 bits per heavy atom. The van der Waals surface area contributed by atoms with Gasteiger partial charge in [-0.3, -0.25) is 0 Å². The van der Waals surface area contributed by atoms with Crippen molar-refractivity contribution < 1.29 is 8.78 Å². The highest BCUT2D eigenvalue weighted by molar-refractivity contribution is 5.71. The lowest BCUT2D eigenvalue weighted by atomic mass is 10.00. The third-order valence-corrected chi connectivity index (χ3v) is 3.55. The van der Waals surface area contributed by atoms with E-state index in [0.29, 0.717) is 17.7 Å². The molecular weight excluding hydrogens is 292 g/mol. The van der Waals surface area contributed by atoms with Gasteiger partial charge in [0.2, 0.25) is 0 Å². The number of rotatable bonds is 1. The van der Waals surface area contributed by atoms with Crippen LogP contribution in [0.15, 0.2) is 60.8 Å². The van der Waals surface area contributed by atoms with E-state index in [9.17, 15) is 8.78 Å². The molecule has 0 N–H and O–H groups in total. The summed E-state index contributed by atoms with van der Waals surface area (Å²) in [7, 11) is 1.86. The van der Waals surface area contributed by atoms with Crippen molar-refractivity contribution in [2.45, 2.75) is 0 Å². The number of nitrogens with zero attached hydrogens (tertiary/aromatic N) is 1. The Hall–Kier alpha value is -2.86. The zero-order valence-electron chi connectivity index (χ0n) is 12.7. The smallest absolute Gasteiger partial charge is 0.134 e. The Kier molecular flexibility index (Phi) is 4.25. The van der Waals surface area contributed by atoms with Gasteiger partial charge in [-0.05, 0) is 42.1 Å². The predicted octanol–water partition coefficient (Wildman–Crippen LogP) is 4.21. The van der Waals surface area contributed by atoms with Crippen LogP contribution in [0.2, 0.25) is 0 Å². The van der Waals surface area contributed by atoms with E-state index in [-0.39, 0.29) is 5.56 Å². The average Bonchev–Trinajstić information content (AvgIpc) is 2.53. The number of allylic oxidation sites excluding steroid dienone is 2. The Bertz CT molecular complexity index is 816. The lowest BCUT2D eigenvalue weighted by molar-refractivity contribution is 0.506. The van der Waals surface area contributed by atoms with E-state index in [1.54, 1.807) is 12.2 Å². The summed E-state index contributed by atoms with van der Waals surface area (Å²) in [5.41, 5.74) is 1.77. The van der Waals surface area contributed by atoms with Gasteiger partial charge in [-0.25, -0.2) is 8.78 Å². The van der Waals surface area contributed by atoms with E-state index in [1.165, 1.54) is 12.1 Å². The molecule has 0 unspecified atom stereocenters. The molecule has 0 fully saturated rings. The van der Waals surface area contributed by atoms with Gasteiger partial charge in [0.25, 0.3) is 0 Å². The highest BCUT2D eigenvalue weighted by Crippen LogP contribution is 2.25. The first-order chi connectivity index (χ1) is 11.1.